The van der Waals surface area contributed by atoms with E-state index in [1.54, 1.807) is 6.92 Å². The first-order valence-corrected chi connectivity index (χ1v) is 13.2. The smallest absolute Gasteiger partial charge is 0.424 e. The van der Waals surface area contributed by atoms with Crippen LogP contribution in [0, 0.1) is 12.7 Å². The molecule has 2 aromatic carbocycles. The van der Waals surface area contributed by atoms with Crippen molar-refractivity contribution in [1.82, 2.24) is 15.3 Å². The topological polar surface area (TPSA) is 137 Å². The molecule has 2 amide bonds. The molecule has 0 bridgehead atoms. The van der Waals surface area contributed by atoms with Crippen molar-refractivity contribution in [1.29, 1.82) is 0 Å². The van der Waals surface area contributed by atoms with Crippen LogP contribution in [0.25, 0.3) is 22.2 Å². The van der Waals surface area contributed by atoms with E-state index in [0.717, 1.165) is 24.3 Å². The number of aryl methyl sites for hydroxylation is 1. The molecule has 0 fully saturated rings. The van der Waals surface area contributed by atoms with Crippen molar-refractivity contribution in [2.24, 2.45) is 5.73 Å². The number of rotatable bonds is 8. The Kier molecular flexibility index (Phi) is 7.85. The maximum atomic E-state index is 14.7. The van der Waals surface area contributed by atoms with Crippen LogP contribution in [0.2, 0.25) is 0 Å². The van der Waals surface area contributed by atoms with Crippen LogP contribution >= 0.6 is 0 Å². The summed E-state index contributed by atoms with van der Waals surface area (Å²) in [7, 11) is 0. The Hall–Kier alpha value is -4.92. The van der Waals surface area contributed by atoms with Gasteiger partial charge in [0.05, 0.1) is 12.2 Å². The monoisotopic (exact) mass is 634 g/mol. The highest BCUT2D eigenvalue weighted by atomic mass is 19.4. The molecule has 5 rings (SSSR count). The number of pyridine rings is 2. The number of hydrogen-bond donors (Lipinski definition) is 3. The molecule has 1 aliphatic rings. The van der Waals surface area contributed by atoms with Crippen molar-refractivity contribution in [3.8, 4) is 22.8 Å². The number of primary amides is 1. The van der Waals surface area contributed by atoms with E-state index in [9.17, 15) is 41.0 Å². The first-order chi connectivity index (χ1) is 21.0. The van der Waals surface area contributed by atoms with Gasteiger partial charge in [0.2, 0.25) is 11.5 Å². The number of benzene rings is 2. The largest absolute Gasteiger partial charge is 0.489 e. The number of fused-ring (bicyclic) bond motifs is 2. The Morgan fingerprint density at radius 1 is 1.16 bits per heavy atom. The Morgan fingerprint density at radius 2 is 1.84 bits per heavy atom. The second kappa shape index (κ2) is 11.2. The van der Waals surface area contributed by atoms with Gasteiger partial charge < -0.3 is 25.6 Å². The molecule has 236 valence electrons. The van der Waals surface area contributed by atoms with Gasteiger partial charge in [-0.15, -0.1) is 0 Å². The quantitative estimate of drug-likeness (QED) is 0.240. The van der Waals surface area contributed by atoms with Crippen molar-refractivity contribution in [3.63, 3.8) is 0 Å². The van der Waals surface area contributed by atoms with E-state index in [4.69, 9.17) is 10.5 Å². The number of amides is 2. The number of hydrogen-bond acceptors (Lipinski definition) is 7. The van der Waals surface area contributed by atoms with Crippen LogP contribution < -0.4 is 20.5 Å². The van der Waals surface area contributed by atoms with Gasteiger partial charge in [-0.25, -0.2) is 9.37 Å². The van der Waals surface area contributed by atoms with Crippen molar-refractivity contribution < 1.29 is 50.5 Å². The van der Waals surface area contributed by atoms with E-state index >= 15 is 0 Å². The number of carbonyl (C=O) groups is 2. The molecule has 0 radical (unpaired) electrons. The van der Waals surface area contributed by atoms with Gasteiger partial charge in [0.25, 0.3) is 5.91 Å². The second-order valence-corrected chi connectivity index (χ2v) is 10.7. The standard InChI is InChI=1S/C30H24F6N4O5/c1-14-7-16-8-17(9-20(45-27(32)33)22(16)38-11-14)25(41)39-12-29(43,30(34,35)36)21-10-19-24(44-13-28(19,2)26(37)42)23(40-21)15-3-5-18(31)6-4-15/h3-11,27,43H,12-13H2,1-2H3,(H2,37,42)(H,39,41)/t28-,29-/m0/s1. The van der Waals surface area contributed by atoms with Gasteiger partial charge in [-0.05, 0) is 67.9 Å². The molecule has 0 unspecified atom stereocenters. The number of nitrogens with two attached hydrogens (primary N) is 1. The average molecular weight is 635 g/mol. The van der Waals surface area contributed by atoms with Crippen LogP contribution in [0.15, 0.2) is 54.7 Å². The highest BCUT2D eigenvalue weighted by Gasteiger charge is 2.57. The predicted molar refractivity (Wildman–Crippen MR) is 147 cm³/mol. The lowest BCUT2D eigenvalue weighted by atomic mass is 9.81. The minimum absolute atomic E-state index is 0.0142. The third kappa shape index (κ3) is 5.70. The Bertz CT molecular complexity index is 1820. The number of halogens is 6. The molecule has 4 aromatic rings. The molecule has 0 aliphatic carbocycles. The van der Waals surface area contributed by atoms with Gasteiger partial charge in [-0.3, -0.25) is 14.6 Å². The summed E-state index contributed by atoms with van der Waals surface area (Å²) in [6.07, 6.45) is -4.08. The number of carbonyl (C=O) groups excluding carboxylic acids is 2. The summed E-state index contributed by atoms with van der Waals surface area (Å²) in [5, 5.41) is 13.4. The summed E-state index contributed by atoms with van der Waals surface area (Å²) in [6.45, 7) is -2.15. The lowest BCUT2D eigenvalue weighted by Gasteiger charge is -2.31. The van der Waals surface area contributed by atoms with Crippen LogP contribution in [0.5, 0.6) is 11.5 Å². The van der Waals surface area contributed by atoms with Crippen molar-refractivity contribution in [2.45, 2.75) is 37.7 Å². The van der Waals surface area contributed by atoms with Crippen molar-refractivity contribution >= 4 is 22.7 Å². The molecule has 3 heterocycles. The molecular formula is C30H24F6N4O5. The van der Waals surface area contributed by atoms with E-state index in [0.29, 0.717) is 5.56 Å². The van der Waals surface area contributed by atoms with E-state index in [2.05, 4.69) is 14.7 Å². The molecule has 2 atom stereocenters. The van der Waals surface area contributed by atoms with E-state index in [1.165, 1.54) is 37.4 Å². The lowest BCUT2D eigenvalue weighted by molar-refractivity contribution is -0.265. The number of nitrogens with zero attached hydrogens (tertiary/aromatic N) is 2. The normalized spacial score (nSPS) is 17.5. The number of alkyl halides is 5. The van der Waals surface area contributed by atoms with Gasteiger partial charge in [-0.2, -0.15) is 22.0 Å². The fourth-order valence-electron chi connectivity index (χ4n) is 4.89. The van der Waals surface area contributed by atoms with E-state index in [-0.39, 0.29) is 45.6 Å². The molecule has 9 nitrogen and oxygen atoms in total. The van der Waals surface area contributed by atoms with Gasteiger partial charge in [-0.1, -0.05) is 0 Å². The molecule has 4 N–H and O–H groups in total. The number of nitrogens with one attached hydrogen (secondary N) is 1. The zero-order chi connectivity index (χ0) is 32.9. The summed E-state index contributed by atoms with van der Waals surface area (Å²) in [6, 6.07) is 8.91. The third-order valence-corrected chi connectivity index (χ3v) is 7.49. The molecule has 15 heteroatoms. The zero-order valence-electron chi connectivity index (χ0n) is 23.5. The Balaban J connectivity index is 1.58. The highest BCUT2D eigenvalue weighted by Crippen LogP contribution is 2.47. The Labute approximate surface area is 251 Å². The fourth-order valence-corrected chi connectivity index (χ4v) is 4.89. The summed E-state index contributed by atoms with van der Waals surface area (Å²) in [5.74, 6) is -3.34. The van der Waals surface area contributed by atoms with E-state index < -0.39 is 59.4 Å². The second-order valence-electron chi connectivity index (χ2n) is 10.7. The summed E-state index contributed by atoms with van der Waals surface area (Å²) < 4.78 is 93.9. The Morgan fingerprint density at radius 3 is 2.47 bits per heavy atom. The molecule has 0 saturated carbocycles. The third-order valence-electron chi connectivity index (χ3n) is 7.49. The van der Waals surface area contributed by atoms with Crippen LogP contribution in [-0.2, 0) is 15.8 Å². The molecule has 1 aliphatic heterocycles. The predicted octanol–water partition coefficient (Wildman–Crippen LogP) is 4.66. The number of aromatic nitrogens is 2. The first kappa shape index (κ1) is 31.5. The van der Waals surface area contributed by atoms with Crippen LogP contribution in [0.3, 0.4) is 0 Å². The summed E-state index contributed by atoms with van der Waals surface area (Å²) in [4.78, 5) is 33.6. The maximum absolute atomic E-state index is 14.7. The van der Waals surface area contributed by atoms with Crippen LogP contribution in [0.4, 0.5) is 26.3 Å². The minimum atomic E-state index is -5.46. The molecule has 2 aromatic heterocycles. The highest BCUT2D eigenvalue weighted by molar-refractivity contribution is 6.00. The van der Waals surface area contributed by atoms with Crippen LogP contribution in [0.1, 0.15) is 34.1 Å². The minimum Gasteiger partial charge on any atom is -0.489 e. The molecule has 45 heavy (non-hydrogen) atoms. The molecular weight excluding hydrogens is 610 g/mol. The maximum Gasteiger partial charge on any atom is 0.424 e. The summed E-state index contributed by atoms with van der Waals surface area (Å²) in [5.41, 5.74) is -0.978. The van der Waals surface area contributed by atoms with Crippen LogP contribution in [-0.4, -0.2) is 52.8 Å². The van der Waals surface area contributed by atoms with E-state index in [1.807, 2.05) is 5.32 Å². The lowest BCUT2D eigenvalue weighted by Crippen LogP contribution is -2.51. The number of ether oxygens (including phenoxy) is 2. The number of aliphatic hydroxyl groups is 1. The summed E-state index contributed by atoms with van der Waals surface area (Å²) >= 11 is 0. The van der Waals surface area contributed by atoms with Gasteiger partial charge in [0, 0.05) is 28.3 Å². The van der Waals surface area contributed by atoms with Crippen molar-refractivity contribution in [2.75, 3.05) is 13.2 Å². The fraction of sp³-hybridized carbons (Fsp3) is 0.267. The first-order valence-electron chi connectivity index (χ1n) is 13.2. The molecule has 0 saturated heterocycles. The SMILES string of the molecule is Cc1cnc2c(OC(F)F)cc(C(=O)NC[C@](O)(c3cc4c(c(-c5ccc(F)cc5)n3)OC[C@]4(C)C(N)=O)C(F)(F)F)cc2c1. The zero-order valence-corrected chi connectivity index (χ0v) is 23.5. The van der Waals surface area contributed by atoms with Gasteiger partial charge in [0.15, 0.2) is 5.75 Å². The van der Waals surface area contributed by atoms with Gasteiger partial charge >= 0.3 is 12.8 Å². The molecule has 0 spiro atoms. The average Bonchev–Trinajstić information content (AvgIpc) is 3.32. The van der Waals surface area contributed by atoms with Crippen molar-refractivity contribution in [3.05, 3.63) is 82.9 Å². The van der Waals surface area contributed by atoms with Gasteiger partial charge in [0.1, 0.15) is 34.8 Å².